The zero-order chi connectivity index (χ0) is 19.3. The van der Waals surface area contributed by atoms with E-state index in [0.717, 1.165) is 23.0 Å². The van der Waals surface area contributed by atoms with Crippen LogP contribution in [0.4, 0.5) is 17.3 Å². The summed E-state index contributed by atoms with van der Waals surface area (Å²) >= 11 is 0. The first-order valence-corrected chi connectivity index (χ1v) is 9.07. The number of carbonyl (C=O) groups is 1. The van der Waals surface area contributed by atoms with Crippen LogP contribution in [0, 0.1) is 0 Å². The third-order valence-electron chi connectivity index (χ3n) is 4.39. The van der Waals surface area contributed by atoms with E-state index in [1.807, 2.05) is 54.6 Å². The molecule has 6 nitrogen and oxygen atoms in total. The number of hydrogen-bond acceptors (Lipinski definition) is 5. The Morgan fingerprint density at radius 2 is 1.75 bits per heavy atom. The van der Waals surface area contributed by atoms with E-state index in [1.165, 1.54) is 5.56 Å². The van der Waals surface area contributed by atoms with E-state index in [-0.39, 0.29) is 11.6 Å². The van der Waals surface area contributed by atoms with Gasteiger partial charge in [0.05, 0.1) is 11.2 Å². The largest absolute Gasteiger partial charge is 0.324 e. The van der Waals surface area contributed by atoms with Gasteiger partial charge in [-0.05, 0) is 42.3 Å². The summed E-state index contributed by atoms with van der Waals surface area (Å²) in [7, 11) is 0. The molecule has 0 fully saturated rings. The Morgan fingerprint density at radius 1 is 0.929 bits per heavy atom. The lowest BCUT2D eigenvalue weighted by atomic mass is 10.1. The number of hydrogen-bond donors (Lipinski definition) is 2. The van der Waals surface area contributed by atoms with Gasteiger partial charge in [-0.1, -0.05) is 37.3 Å². The SMILES string of the molecule is CCc1ccc(Nc2nccc(C(=O)Nc3cccc4cccnc34)n2)cc1. The van der Waals surface area contributed by atoms with Crippen LogP contribution in [0.25, 0.3) is 10.9 Å². The fourth-order valence-electron chi connectivity index (χ4n) is 2.89. The van der Waals surface area contributed by atoms with Gasteiger partial charge in [0, 0.05) is 23.5 Å². The molecule has 0 unspecified atom stereocenters. The summed E-state index contributed by atoms with van der Waals surface area (Å²) in [5.74, 6) is 0.0536. The first kappa shape index (κ1) is 17.6. The fraction of sp³-hybridized carbons (Fsp3) is 0.0909. The molecular weight excluding hydrogens is 350 g/mol. The first-order chi connectivity index (χ1) is 13.7. The number of para-hydroxylation sites is 1. The van der Waals surface area contributed by atoms with E-state index in [4.69, 9.17) is 0 Å². The number of rotatable bonds is 5. The van der Waals surface area contributed by atoms with Crippen LogP contribution in [-0.4, -0.2) is 20.9 Å². The average Bonchev–Trinajstić information content (AvgIpc) is 2.75. The molecule has 0 saturated carbocycles. The summed E-state index contributed by atoms with van der Waals surface area (Å²) in [5.41, 5.74) is 3.78. The van der Waals surface area contributed by atoms with Crippen LogP contribution in [0.1, 0.15) is 23.0 Å². The molecule has 0 saturated heterocycles. The molecule has 2 aromatic heterocycles. The van der Waals surface area contributed by atoms with E-state index >= 15 is 0 Å². The Kier molecular flexibility index (Phi) is 4.93. The smallest absolute Gasteiger partial charge is 0.274 e. The number of nitrogens with one attached hydrogen (secondary N) is 2. The second-order valence-corrected chi connectivity index (χ2v) is 6.28. The number of nitrogens with zero attached hydrogens (tertiary/aromatic N) is 3. The van der Waals surface area contributed by atoms with Crippen molar-refractivity contribution >= 4 is 34.1 Å². The summed E-state index contributed by atoms with van der Waals surface area (Å²) in [6.45, 7) is 2.11. The molecule has 2 N–H and O–H groups in total. The maximum absolute atomic E-state index is 12.7. The summed E-state index contributed by atoms with van der Waals surface area (Å²) in [5, 5.41) is 6.98. The highest BCUT2D eigenvalue weighted by Crippen LogP contribution is 2.21. The van der Waals surface area contributed by atoms with E-state index in [0.29, 0.717) is 11.6 Å². The molecule has 0 atom stereocenters. The van der Waals surface area contributed by atoms with Crippen molar-refractivity contribution in [2.24, 2.45) is 0 Å². The quantitative estimate of drug-likeness (QED) is 0.538. The molecule has 4 rings (SSSR count). The molecule has 28 heavy (non-hydrogen) atoms. The van der Waals surface area contributed by atoms with Gasteiger partial charge in [-0.25, -0.2) is 9.97 Å². The maximum atomic E-state index is 12.7. The zero-order valence-corrected chi connectivity index (χ0v) is 15.4. The van der Waals surface area contributed by atoms with Gasteiger partial charge in [-0.3, -0.25) is 9.78 Å². The monoisotopic (exact) mass is 369 g/mol. The minimum atomic E-state index is -0.315. The molecular formula is C22H19N5O. The van der Waals surface area contributed by atoms with Gasteiger partial charge in [0.25, 0.3) is 5.91 Å². The number of fused-ring (bicyclic) bond motifs is 1. The number of anilines is 3. The van der Waals surface area contributed by atoms with E-state index in [2.05, 4.69) is 32.5 Å². The Morgan fingerprint density at radius 3 is 2.57 bits per heavy atom. The van der Waals surface area contributed by atoms with Gasteiger partial charge in [-0.2, -0.15) is 0 Å². The van der Waals surface area contributed by atoms with Crippen molar-refractivity contribution in [3.63, 3.8) is 0 Å². The van der Waals surface area contributed by atoms with Crippen molar-refractivity contribution in [1.82, 2.24) is 15.0 Å². The van der Waals surface area contributed by atoms with Gasteiger partial charge in [0.1, 0.15) is 5.69 Å². The molecule has 0 radical (unpaired) electrons. The summed E-state index contributed by atoms with van der Waals surface area (Å²) in [6, 6.07) is 19.1. The highest BCUT2D eigenvalue weighted by molar-refractivity contribution is 6.07. The van der Waals surface area contributed by atoms with Crippen molar-refractivity contribution < 1.29 is 4.79 Å². The van der Waals surface area contributed by atoms with E-state index in [1.54, 1.807) is 18.5 Å². The summed E-state index contributed by atoms with van der Waals surface area (Å²) in [6.07, 6.45) is 4.25. The predicted molar refractivity (Wildman–Crippen MR) is 111 cm³/mol. The number of carbonyl (C=O) groups excluding carboxylic acids is 1. The molecule has 0 aliphatic rings. The zero-order valence-electron chi connectivity index (χ0n) is 15.4. The van der Waals surface area contributed by atoms with Gasteiger partial charge >= 0.3 is 0 Å². The molecule has 2 heterocycles. The Labute approximate surface area is 162 Å². The topological polar surface area (TPSA) is 79.8 Å². The van der Waals surface area contributed by atoms with Crippen molar-refractivity contribution in [2.75, 3.05) is 10.6 Å². The molecule has 2 aromatic carbocycles. The van der Waals surface area contributed by atoms with Crippen LogP contribution in [-0.2, 0) is 6.42 Å². The molecule has 0 aliphatic heterocycles. The van der Waals surface area contributed by atoms with Gasteiger partial charge < -0.3 is 10.6 Å². The highest BCUT2D eigenvalue weighted by Gasteiger charge is 2.11. The fourth-order valence-corrected chi connectivity index (χ4v) is 2.89. The van der Waals surface area contributed by atoms with E-state index in [9.17, 15) is 4.79 Å². The molecule has 0 aliphatic carbocycles. The van der Waals surface area contributed by atoms with Crippen molar-refractivity contribution in [3.8, 4) is 0 Å². The van der Waals surface area contributed by atoms with Crippen LogP contribution in [0.3, 0.4) is 0 Å². The van der Waals surface area contributed by atoms with Crippen LogP contribution in [0.5, 0.6) is 0 Å². The Balaban J connectivity index is 1.54. The molecule has 4 aromatic rings. The van der Waals surface area contributed by atoms with Gasteiger partial charge in [-0.15, -0.1) is 0 Å². The number of pyridine rings is 1. The standard InChI is InChI=1S/C22H19N5O/c1-2-15-8-10-17(11-9-15)25-22-24-14-12-19(27-22)21(28)26-18-7-3-5-16-6-4-13-23-20(16)18/h3-14H,2H2,1H3,(H,26,28)(H,24,25,27). The molecule has 0 bridgehead atoms. The highest BCUT2D eigenvalue weighted by atomic mass is 16.1. The summed E-state index contributed by atoms with van der Waals surface area (Å²) in [4.78, 5) is 25.6. The third-order valence-corrected chi connectivity index (χ3v) is 4.39. The van der Waals surface area contributed by atoms with Gasteiger partial charge in [0.2, 0.25) is 5.95 Å². The molecule has 6 heteroatoms. The van der Waals surface area contributed by atoms with Crippen molar-refractivity contribution in [2.45, 2.75) is 13.3 Å². The van der Waals surface area contributed by atoms with Crippen molar-refractivity contribution in [1.29, 1.82) is 0 Å². The Bertz CT molecular complexity index is 1120. The normalized spacial score (nSPS) is 10.6. The predicted octanol–water partition coefficient (Wildman–Crippen LogP) is 4.58. The minimum Gasteiger partial charge on any atom is -0.324 e. The minimum absolute atomic E-state index is 0.274. The second-order valence-electron chi connectivity index (χ2n) is 6.28. The molecule has 138 valence electrons. The van der Waals surface area contributed by atoms with Crippen molar-refractivity contribution in [3.05, 3.63) is 84.3 Å². The third kappa shape index (κ3) is 3.81. The average molecular weight is 369 g/mol. The van der Waals surface area contributed by atoms with Crippen LogP contribution >= 0.6 is 0 Å². The van der Waals surface area contributed by atoms with E-state index < -0.39 is 0 Å². The lowest BCUT2D eigenvalue weighted by molar-refractivity contribution is 0.102. The lowest BCUT2D eigenvalue weighted by Gasteiger charge is -2.09. The van der Waals surface area contributed by atoms with Crippen LogP contribution in [0.2, 0.25) is 0 Å². The number of aryl methyl sites for hydroxylation is 1. The summed E-state index contributed by atoms with van der Waals surface area (Å²) < 4.78 is 0. The molecule has 1 amide bonds. The number of benzene rings is 2. The van der Waals surface area contributed by atoms with Crippen LogP contribution in [0.15, 0.2) is 73.1 Å². The first-order valence-electron chi connectivity index (χ1n) is 9.07. The second kappa shape index (κ2) is 7.84. The maximum Gasteiger partial charge on any atom is 0.274 e. The van der Waals surface area contributed by atoms with Crippen LogP contribution < -0.4 is 10.6 Å². The number of amides is 1. The lowest BCUT2D eigenvalue weighted by Crippen LogP contribution is -2.15. The van der Waals surface area contributed by atoms with Gasteiger partial charge in [0.15, 0.2) is 0 Å². The number of aromatic nitrogens is 3. The molecule has 0 spiro atoms. The Hall–Kier alpha value is -3.80.